The lowest BCUT2D eigenvalue weighted by Crippen LogP contribution is -2.36. The predicted molar refractivity (Wildman–Crippen MR) is 110 cm³/mol. The van der Waals surface area contributed by atoms with Crippen molar-refractivity contribution in [1.82, 2.24) is 0 Å². The molecule has 0 fully saturated rings. The molecular weight excluding hydrogens is 424 g/mol. The van der Waals surface area contributed by atoms with Crippen molar-refractivity contribution >= 4 is 43.0 Å². The summed E-state index contributed by atoms with van der Waals surface area (Å²) >= 11 is 6.09. The summed E-state index contributed by atoms with van der Waals surface area (Å²) in [4.78, 5) is -0.0668. The number of nitrogens with one attached hydrogen (secondary N) is 1. The van der Waals surface area contributed by atoms with Crippen molar-refractivity contribution in [2.45, 2.75) is 24.7 Å². The topological polar surface area (TPSA) is 92.8 Å². The smallest absolute Gasteiger partial charge is 0.263 e. The van der Waals surface area contributed by atoms with E-state index in [0.717, 1.165) is 5.56 Å². The van der Waals surface area contributed by atoms with Crippen molar-refractivity contribution in [1.29, 1.82) is 0 Å². The third-order valence-electron chi connectivity index (χ3n) is 4.54. The molecule has 0 saturated carbocycles. The van der Waals surface area contributed by atoms with E-state index in [1.54, 1.807) is 25.1 Å². The standard InChI is InChI=1S/C18H21ClN2O5S2/c1-3-27(22,23)21-10-4-5-13-11-14(6-8-17(13)21)20-28(24,25)18-9-7-15(26-2)12-16(18)19/h6-9,11-12,20H,3-5,10H2,1-2H3. The molecule has 2 aromatic rings. The molecule has 1 aliphatic heterocycles. The molecule has 0 unspecified atom stereocenters. The van der Waals surface area contributed by atoms with Gasteiger partial charge >= 0.3 is 0 Å². The van der Waals surface area contributed by atoms with E-state index in [4.69, 9.17) is 16.3 Å². The van der Waals surface area contributed by atoms with Gasteiger partial charge in [0.1, 0.15) is 10.6 Å². The summed E-state index contributed by atoms with van der Waals surface area (Å²) in [6.07, 6.45) is 1.34. The third kappa shape index (κ3) is 4.06. The maximum atomic E-state index is 12.7. The highest BCUT2D eigenvalue weighted by molar-refractivity contribution is 7.93. The number of halogens is 1. The Labute approximate surface area is 170 Å². The Morgan fingerprint density at radius 3 is 2.54 bits per heavy atom. The van der Waals surface area contributed by atoms with E-state index < -0.39 is 20.0 Å². The lowest BCUT2D eigenvalue weighted by Gasteiger charge is -2.30. The van der Waals surface area contributed by atoms with E-state index in [0.29, 0.717) is 36.5 Å². The van der Waals surface area contributed by atoms with Crippen LogP contribution in [0.3, 0.4) is 0 Å². The van der Waals surface area contributed by atoms with Crippen molar-refractivity contribution in [3.05, 3.63) is 47.0 Å². The van der Waals surface area contributed by atoms with Crippen LogP contribution in [-0.2, 0) is 26.5 Å². The van der Waals surface area contributed by atoms with Gasteiger partial charge in [0.25, 0.3) is 10.0 Å². The van der Waals surface area contributed by atoms with Crippen LogP contribution in [0.15, 0.2) is 41.3 Å². The molecule has 1 heterocycles. The van der Waals surface area contributed by atoms with Gasteiger partial charge in [-0.3, -0.25) is 9.03 Å². The average molecular weight is 445 g/mol. The molecule has 0 spiro atoms. The summed E-state index contributed by atoms with van der Waals surface area (Å²) in [5.41, 5.74) is 1.73. The summed E-state index contributed by atoms with van der Waals surface area (Å²) in [6, 6.07) is 9.17. The summed E-state index contributed by atoms with van der Waals surface area (Å²) in [7, 11) is -5.82. The normalized spacial score (nSPS) is 14.5. The molecule has 152 valence electrons. The fourth-order valence-corrected chi connectivity index (χ4v) is 5.89. The number of fused-ring (bicyclic) bond motifs is 1. The molecule has 0 bridgehead atoms. The molecule has 2 aromatic carbocycles. The fourth-order valence-electron chi connectivity index (χ4n) is 3.11. The number of nitrogens with zero attached hydrogens (tertiary/aromatic N) is 1. The zero-order chi connectivity index (χ0) is 20.5. The summed E-state index contributed by atoms with van der Waals surface area (Å²) in [5.74, 6) is 0.464. The van der Waals surface area contributed by atoms with Crippen molar-refractivity contribution in [2.75, 3.05) is 28.4 Å². The van der Waals surface area contributed by atoms with Gasteiger partial charge in [-0.1, -0.05) is 11.6 Å². The number of hydrogen-bond donors (Lipinski definition) is 1. The van der Waals surface area contributed by atoms with E-state index in [1.807, 2.05) is 0 Å². The van der Waals surface area contributed by atoms with Gasteiger partial charge in [-0.25, -0.2) is 16.8 Å². The molecule has 0 aromatic heterocycles. The first-order chi connectivity index (χ1) is 13.2. The second kappa shape index (κ2) is 7.81. The largest absolute Gasteiger partial charge is 0.497 e. The lowest BCUT2D eigenvalue weighted by molar-refractivity contribution is 0.414. The second-order valence-electron chi connectivity index (χ2n) is 6.32. The van der Waals surface area contributed by atoms with Gasteiger partial charge in [0.05, 0.1) is 23.6 Å². The predicted octanol–water partition coefficient (Wildman–Crippen LogP) is 3.25. The Morgan fingerprint density at radius 1 is 1.14 bits per heavy atom. The maximum absolute atomic E-state index is 12.7. The molecule has 7 nitrogen and oxygen atoms in total. The van der Waals surface area contributed by atoms with Crippen LogP contribution in [0.2, 0.25) is 5.02 Å². The zero-order valence-corrected chi connectivity index (χ0v) is 17.9. The molecule has 1 N–H and O–H groups in total. The average Bonchev–Trinajstić information content (AvgIpc) is 2.66. The van der Waals surface area contributed by atoms with Crippen LogP contribution < -0.4 is 13.8 Å². The summed E-state index contributed by atoms with van der Waals surface area (Å²) in [5, 5.41) is 0.0463. The third-order valence-corrected chi connectivity index (χ3v) is 8.18. The molecule has 0 atom stereocenters. The van der Waals surface area contributed by atoms with Crippen LogP contribution in [0, 0.1) is 0 Å². The summed E-state index contributed by atoms with van der Waals surface area (Å²) < 4.78 is 59.0. The number of hydrogen-bond acceptors (Lipinski definition) is 5. The van der Waals surface area contributed by atoms with E-state index in [9.17, 15) is 16.8 Å². The molecule has 0 aliphatic carbocycles. The highest BCUT2D eigenvalue weighted by Gasteiger charge is 2.27. The van der Waals surface area contributed by atoms with Gasteiger partial charge in [0, 0.05) is 18.3 Å². The minimum atomic E-state index is -3.91. The van der Waals surface area contributed by atoms with E-state index in [1.165, 1.54) is 29.6 Å². The fraction of sp³-hybridized carbons (Fsp3) is 0.333. The first-order valence-electron chi connectivity index (χ1n) is 8.67. The minimum Gasteiger partial charge on any atom is -0.497 e. The van der Waals surface area contributed by atoms with Crippen molar-refractivity contribution < 1.29 is 21.6 Å². The number of ether oxygens (including phenoxy) is 1. The van der Waals surface area contributed by atoms with Crippen LogP contribution in [-0.4, -0.2) is 36.2 Å². The van der Waals surface area contributed by atoms with Crippen LogP contribution >= 0.6 is 11.6 Å². The number of methoxy groups -OCH3 is 1. The van der Waals surface area contributed by atoms with E-state index >= 15 is 0 Å². The second-order valence-corrected chi connectivity index (χ2v) is 10.6. The van der Waals surface area contributed by atoms with Gasteiger partial charge < -0.3 is 4.74 Å². The molecule has 0 saturated heterocycles. The molecule has 0 radical (unpaired) electrons. The van der Waals surface area contributed by atoms with Gasteiger partial charge in [0.15, 0.2) is 0 Å². The van der Waals surface area contributed by atoms with Crippen molar-refractivity contribution in [3.63, 3.8) is 0 Å². The maximum Gasteiger partial charge on any atom is 0.263 e. The SMILES string of the molecule is CCS(=O)(=O)N1CCCc2cc(NS(=O)(=O)c3ccc(OC)cc3Cl)ccc21. The first kappa shape index (κ1) is 20.8. The lowest BCUT2D eigenvalue weighted by atomic mass is 10.0. The molecular formula is C18H21ClN2O5S2. The number of benzene rings is 2. The minimum absolute atomic E-state index is 0.0107. The van der Waals surface area contributed by atoms with Crippen molar-refractivity contribution in [2.24, 2.45) is 0 Å². The summed E-state index contributed by atoms with van der Waals surface area (Å²) in [6.45, 7) is 2.03. The highest BCUT2D eigenvalue weighted by Crippen LogP contribution is 2.33. The van der Waals surface area contributed by atoms with Crippen LogP contribution in [0.5, 0.6) is 5.75 Å². The molecule has 0 amide bonds. The van der Waals surface area contributed by atoms with Crippen molar-refractivity contribution in [3.8, 4) is 5.75 Å². The number of sulfonamides is 2. The Kier molecular flexibility index (Phi) is 5.79. The van der Waals surface area contributed by atoms with E-state index in [2.05, 4.69) is 4.72 Å². The molecule has 10 heteroatoms. The van der Waals surface area contributed by atoms with Crippen LogP contribution in [0.25, 0.3) is 0 Å². The molecule has 1 aliphatic rings. The van der Waals surface area contributed by atoms with Crippen LogP contribution in [0.1, 0.15) is 18.9 Å². The highest BCUT2D eigenvalue weighted by atomic mass is 35.5. The quantitative estimate of drug-likeness (QED) is 0.738. The Bertz CT molecular complexity index is 1100. The van der Waals surface area contributed by atoms with Gasteiger partial charge in [-0.15, -0.1) is 0 Å². The number of anilines is 2. The molecule has 3 rings (SSSR count). The Morgan fingerprint density at radius 2 is 1.89 bits per heavy atom. The Balaban J connectivity index is 1.92. The Hall–Kier alpha value is -1.97. The number of aryl methyl sites for hydroxylation is 1. The van der Waals surface area contributed by atoms with E-state index in [-0.39, 0.29) is 15.7 Å². The number of rotatable bonds is 6. The monoisotopic (exact) mass is 444 g/mol. The molecule has 28 heavy (non-hydrogen) atoms. The zero-order valence-electron chi connectivity index (χ0n) is 15.5. The first-order valence-corrected chi connectivity index (χ1v) is 12.1. The van der Waals surface area contributed by atoms with Crippen LogP contribution in [0.4, 0.5) is 11.4 Å². The van der Waals surface area contributed by atoms with Gasteiger partial charge in [-0.05, 0) is 55.7 Å². The van der Waals surface area contributed by atoms with Gasteiger partial charge in [-0.2, -0.15) is 0 Å². The van der Waals surface area contributed by atoms with Gasteiger partial charge in [0.2, 0.25) is 10.0 Å².